The van der Waals surface area contributed by atoms with Crippen molar-refractivity contribution < 1.29 is 27.5 Å². The van der Waals surface area contributed by atoms with E-state index in [-0.39, 0.29) is 23.6 Å². The molecule has 0 radical (unpaired) electrons. The summed E-state index contributed by atoms with van der Waals surface area (Å²) in [5.74, 6) is -0.541. The monoisotopic (exact) mass is 563 g/mol. The molecule has 0 aliphatic carbocycles. The van der Waals surface area contributed by atoms with Gasteiger partial charge in [-0.05, 0) is 69.5 Å². The number of hydrogen-bond donors (Lipinski definition) is 1. The van der Waals surface area contributed by atoms with Crippen molar-refractivity contribution in [3.63, 3.8) is 0 Å². The van der Waals surface area contributed by atoms with Gasteiger partial charge in [-0.25, -0.2) is 4.79 Å². The summed E-state index contributed by atoms with van der Waals surface area (Å²) in [4.78, 5) is 40.3. The molecule has 1 aliphatic rings. The van der Waals surface area contributed by atoms with Crippen molar-refractivity contribution in [1.29, 1.82) is 0 Å². The standard InChI is InChI=1S/C28H29ClF3N3O4/c1-27(2,3)39-26(38)35-12-5-6-18(35)16-34-13-11-19-20(25(34)37)7-4-8-23(19)33-24(36)15-17-9-10-22(29)21(14-17)28(30,31)32/h4,7-11,13-14,18H,5-6,12,15-16H2,1-3H3,(H,33,36)/t18-/m1/s1. The minimum atomic E-state index is -4.64. The molecule has 1 aliphatic heterocycles. The second-order valence-corrected chi connectivity index (χ2v) is 11.0. The van der Waals surface area contributed by atoms with Gasteiger partial charge in [-0.3, -0.25) is 9.59 Å². The van der Waals surface area contributed by atoms with Crippen molar-refractivity contribution in [3.05, 3.63) is 75.2 Å². The third kappa shape index (κ3) is 6.73. The molecule has 1 aromatic heterocycles. The zero-order valence-electron chi connectivity index (χ0n) is 21.8. The molecule has 0 saturated carbocycles. The van der Waals surface area contributed by atoms with Crippen molar-refractivity contribution in [2.75, 3.05) is 11.9 Å². The fourth-order valence-electron chi connectivity index (χ4n) is 4.66. The molecule has 11 heteroatoms. The zero-order chi connectivity index (χ0) is 28.5. The van der Waals surface area contributed by atoms with Gasteiger partial charge >= 0.3 is 12.3 Å². The van der Waals surface area contributed by atoms with Crippen molar-refractivity contribution in [3.8, 4) is 0 Å². The van der Waals surface area contributed by atoms with Crippen molar-refractivity contribution in [2.45, 2.75) is 64.4 Å². The Bertz CT molecular complexity index is 1460. The van der Waals surface area contributed by atoms with Gasteiger partial charge in [0, 0.05) is 35.7 Å². The van der Waals surface area contributed by atoms with Crippen LogP contribution < -0.4 is 10.9 Å². The number of amides is 2. The van der Waals surface area contributed by atoms with Gasteiger partial charge in [-0.1, -0.05) is 23.7 Å². The Morgan fingerprint density at radius 1 is 1.10 bits per heavy atom. The van der Waals surface area contributed by atoms with Crippen LogP contribution in [0.3, 0.4) is 0 Å². The molecule has 208 valence electrons. The third-order valence-corrected chi connectivity index (χ3v) is 6.74. The quantitative estimate of drug-likeness (QED) is 0.398. The molecule has 1 saturated heterocycles. The topological polar surface area (TPSA) is 80.6 Å². The molecule has 0 spiro atoms. The summed E-state index contributed by atoms with van der Waals surface area (Å²) in [6, 6.07) is 9.71. The van der Waals surface area contributed by atoms with Gasteiger partial charge in [0.05, 0.1) is 23.0 Å². The average molecular weight is 564 g/mol. The number of halogens is 4. The lowest BCUT2D eigenvalue weighted by atomic mass is 10.1. The minimum Gasteiger partial charge on any atom is -0.444 e. The molecule has 2 aromatic carbocycles. The number of likely N-dealkylation sites (tertiary alicyclic amines) is 1. The molecule has 4 rings (SSSR count). The number of rotatable bonds is 5. The van der Waals surface area contributed by atoms with Crippen LogP contribution in [0.25, 0.3) is 10.8 Å². The number of ether oxygens (including phenoxy) is 1. The van der Waals surface area contributed by atoms with Crippen LogP contribution in [0.4, 0.5) is 23.7 Å². The maximum atomic E-state index is 13.3. The van der Waals surface area contributed by atoms with Crippen LogP contribution in [-0.4, -0.2) is 39.7 Å². The van der Waals surface area contributed by atoms with Crippen LogP contribution in [0.15, 0.2) is 53.5 Å². The van der Waals surface area contributed by atoms with E-state index in [1.54, 1.807) is 56.1 Å². The number of nitrogens with zero attached hydrogens (tertiary/aromatic N) is 2. The first-order valence-electron chi connectivity index (χ1n) is 12.5. The van der Waals surface area contributed by atoms with Gasteiger partial charge in [-0.2, -0.15) is 13.2 Å². The second kappa shape index (κ2) is 10.9. The summed E-state index contributed by atoms with van der Waals surface area (Å²) in [6.07, 6.45) is -2.20. The minimum absolute atomic E-state index is 0.151. The summed E-state index contributed by atoms with van der Waals surface area (Å²) in [5.41, 5.74) is -1.40. The highest BCUT2D eigenvalue weighted by molar-refractivity contribution is 6.31. The molecule has 39 heavy (non-hydrogen) atoms. The number of carbonyl (C=O) groups is 2. The van der Waals surface area contributed by atoms with E-state index >= 15 is 0 Å². The summed E-state index contributed by atoms with van der Waals surface area (Å²) in [7, 11) is 0. The molecule has 7 nitrogen and oxygen atoms in total. The number of hydrogen-bond acceptors (Lipinski definition) is 4. The maximum Gasteiger partial charge on any atom is 0.417 e. The largest absolute Gasteiger partial charge is 0.444 e. The van der Waals surface area contributed by atoms with E-state index in [2.05, 4.69) is 5.32 Å². The van der Waals surface area contributed by atoms with Gasteiger partial charge in [0.1, 0.15) is 5.60 Å². The van der Waals surface area contributed by atoms with Crippen molar-refractivity contribution in [2.24, 2.45) is 0 Å². The first kappa shape index (κ1) is 28.5. The maximum absolute atomic E-state index is 13.3. The van der Waals surface area contributed by atoms with Crippen molar-refractivity contribution in [1.82, 2.24) is 9.47 Å². The molecule has 2 heterocycles. The molecule has 1 N–H and O–H groups in total. The predicted molar refractivity (Wildman–Crippen MR) is 143 cm³/mol. The summed E-state index contributed by atoms with van der Waals surface area (Å²) in [6.45, 7) is 6.25. The smallest absolute Gasteiger partial charge is 0.417 e. The zero-order valence-corrected chi connectivity index (χ0v) is 22.5. The predicted octanol–water partition coefficient (Wildman–Crippen LogP) is 6.25. The van der Waals surface area contributed by atoms with E-state index in [1.807, 2.05) is 0 Å². The van der Waals surface area contributed by atoms with E-state index in [0.29, 0.717) is 29.5 Å². The number of carbonyl (C=O) groups excluding carboxylic acids is 2. The molecular formula is C28H29ClF3N3O4. The van der Waals surface area contributed by atoms with Gasteiger partial charge < -0.3 is 19.5 Å². The molecule has 0 bridgehead atoms. The van der Waals surface area contributed by atoms with Gasteiger partial charge in [-0.15, -0.1) is 0 Å². The van der Waals surface area contributed by atoms with Gasteiger partial charge in [0.15, 0.2) is 0 Å². The SMILES string of the molecule is CC(C)(C)OC(=O)N1CCC[C@@H]1Cn1ccc2c(NC(=O)Cc3ccc(Cl)c(C(F)(F)F)c3)cccc2c1=O. The highest BCUT2D eigenvalue weighted by atomic mass is 35.5. The summed E-state index contributed by atoms with van der Waals surface area (Å²) in [5, 5.41) is 3.12. The van der Waals surface area contributed by atoms with Crippen LogP contribution in [0.1, 0.15) is 44.7 Å². The lowest BCUT2D eigenvalue weighted by Crippen LogP contribution is -2.42. The van der Waals surface area contributed by atoms with E-state index in [9.17, 15) is 27.6 Å². The number of alkyl halides is 3. The third-order valence-electron chi connectivity index (χ3n) is 6.41. The molecular weight excluding hydrogens is 535 g/mol. The van der Waals surface area contributed by atoms with E-state index < -0.39 is 34.4 Å². The summed E-state index contributed by atoms with van der Waals surface area (Å²) < 4.78 is 46.6. The fourth-order valence-corrected chi connectivity index (χ4v) is 4.89. The Kier molecular flexibility index (Phi) is 7.97. The van der Waals surface area contributed by atoms with E-state index in [4.69, 9.17) is 16.3 Å². The van der Waals surface area contributed by atoms with E-state index in [0.717, 1.165) is 25.0 Å². The molecule has 2 amide bonds. The molecule has 1 fully saturated rings. The Hall–Kier alpha value is -3.53. The molecule has 1 atom stereocenters. The van der Waals surface area contributed by atoms with Crippen LogP contribution in [0.2, 0.25) is 5.02 Å². The number of benzene rings is 2. The van der Waals surface area contributed by atoms with Crippen LogP contribution >= 0.6 is 11.6 Å². The van der Waals surface area contributed by atoms with Crippen LogP contribution in [0, 0.1) is 0 Å². The number of fused-ring (bicyclic) bond motifs is 1. The van der Waals surface area contributed by atoms with E-state index in [1.165, 1.54) is 10.6 Å². The first-order chi connectivity index (χ1) is 18.2. The number of anilines is 1. The van der Waals surface area contributed by atoms with Crippen molar-refractivity contribution >= 4 is 40.1 Å². The first-order valence-corrected chi connectivity index (χ1v) is 12.9. The Balaban J connectivity index is 1.52. The Morgan fingerprint density at radius 3 is 2.54 bits per heavy atom. The highest BCUT2D eigenvalue weighted by Gasteiger charge is 2.34. The second-order valence-electron chi connectivity index (χ2n) is 10.5. The number of nitrogens with one attached hydrogen (secondary N) is 1. The fraction of sp³-hybridized carbons (Fsp3) is 0.393. The van der Waals surface area contributed by atoms with Crippen LogP contribution in [-0.2, 0) is 28.7 Å². The molecule has 3 aromatic rings. The normalized spacial score (nSPS) is 16.0. The summed E-state index contributed by atoms with van der Waals surface area (Å²) >= 11 is 5.66. The Labute approximate surface area is 228 Å². The number of pyridine rings is 1. The lowest BCUT2D eigenvalue weighted by molar-refractivity contribution is -0.137. The van der Waals surface area contributed by atoms with Crippen LogP contribution in [0.5, 0.6) is 0 Å². The molecule has 0 unspecified atom stereocenters. The lowest BCUT2D eigenvalue weighted by Gasteiger charge is -2.29. The van der Waals surface area contributed by atoms with Gasteiger partial charge in [0.25, 0.3) is 5.56 Å². The number of aromatic nitrogens is 1. The average Bonchev–Trinajstić information content (AvgIpc) is 3.29. The highest BCUT2D eigenvalue weighted by Crippen LogP contribution is 2.35. The Morgan fingerprint density at radius 2 is 1.85 bits per heavy atom. The van der Waals surface area contributed by atoms with Gasteiger partial charge in [0.2, 0.25) is 5.91 Å².